The highest BCUT2D eigenvalue weighted by molar-refractivity contribution is 6.30. The molecule has 2 aromatic carbocycles. The van der Waals surface area contributed by atoms with Crippen molar-refractivity contribution in [3.8, 4) is 5.75 Å². The Balaban J connectivity index is 1.40. The number of rotatable bonds is 5. The molecule has 3 aromatic rings. The number of halogens is 1. The molecular formula is C31H34ClN2O4+. The van der Waals surface area contributed by atoms with E-state index in [2.05, 4.69) is 24.8 Å². The first kappa shape index (κ1) is 26.4. The van der Waals surface area contributed by atoms with Gasteiger partial charge in [-0.3, -0.25) is 10.0 Å². The fraction of sp³-hybridized carbons (Fsp3) is 0.355. The molecule has 1 aromatic heterocycles. The van der Waals surface area contributed by atoms with Crippen molar-refractivity contribution in [1.29, 1.82) is 0 Å². The molecule has 0 radical (unpaired) electrons. The van der Waals surface area contributed by atoms with E-state index >= 15 is 0 Å². The van der Waals surface area contributed by atoms with Crippen LogP contribution in [0.2, 0.25) is 5.02 Å². The van der Waals surface area contributed by atoms with E-state index in [-0.39, 0.29) is 17.8 Å². The third kappa shape index (κ3) is 4.84. The number of Topliss-reactive ketones (excluding diaryl/α,β-unsaturated/α-hetero) is 1. The molecule has 6 nitrogen and oxygen atoms in total. The van der Waals surface area contributed by atoms with Gasteiger partial charge in [0, 0.05) is 52.0 Å². The number of carbonyl (C=O) groups excluding carboxylic acids is 1. The van der Waals surface area contributed by atoms with Crippen LogP contribution in [0.15, 0.2) is 66.9 Å². The lowest BCUT2D eigenvalue weighted by Gasteiger charge is -2.50. The molecule has 7 heteroatoms. The van der Waals surface area contributed by atoms with E-state index in [1.165, 1.54) is 0 Å². The number of hydrogen-bond acceptors (Lipinski definition) is 5. The molecule has 0 saturated carbocycles. The fourth-order valence-corrected chi connectivity index (χ4v) is 5.91. The fourth-order valence-electron chi connectivity index (χ4n) is 5.79. The van der Waals surface area contributed by atoms with Crippen LogP contribution in [0.5, 0.6) is 5.75 Å². The van der Waals surface area contributed by atoms with Gasteiger partial charge in [-0.1, -0.05) is 43.7 Å². The highest BCUT2D eigenvalue weighted by Crippen LogP contribution is 2.46. The van der Waals surface area contributed by atoms with E-state index < -0.39 is 5.60 Å². The van der Waals surface area contributed by atoms with Gasteiger partial charge in [0.25, 0.3) is 5.69 Å². The van der Waals surface area contributed by atoms with Gasteiger partial charge < -0.3 is 14.7 Å². The predicted molar refractivity (Wildman–Crippen MR) is 146 cm³/mol. The van der Waals surface area contributed by atoms with Gasteiger partial charge in [0.1, 0.15) is 5.75 Å². The average molecular weight is 534 g/mol. The lowest BCUT2D eigenvalue weighted by Crippen LogP contribution is -2.55. The summed E-state index contributed by atoms with van der Waals surface area (Å²) in [5.41, 5.74) is 3.55. The van der Waals surface area contributed by atoms with Crippen LogP contribution in [0.4, 0.5) is 0 Å². The lowest BCUT2D eigenvalue weighted by molar-refractivity contribution is -0.910. The molecule has 2 aliphatic heterocycles. The van der Waals surface area contributed by atoms with Gasteiger partial charge in [0.05, 0.1) is 11.2 Å². The molecule has 1 fully saturated rings. The number of likely N-dealkylation sites (tertiary alicyclic amines) is 1. The number of nitrogens with zero attached hydrogens (tertiary/aromatic N) is 2. The number of pyridine rings is 1. The van der Waals surface area contributed by atoms with E-state index in [4.69, 9.17) is 16.3 Å². The van der Waals surface area contributed by atoms with Gasteiger partial charge in [-0.25, -0.2) is 0 Å². The minimum Gasteiger partial charge on any atom is -0.482 e. The van der Waals surface area contributed by atoms with E-state index in [9.17, 15) is 15.1 Å². The van der Waals surface area contributed by atoms with Crippen molar-refractivity contribution in [2.24, 2.45) is 5.41 Å². The second kappa shape index (κ2) is 10.2. The summed E-state index contributed by atoms with van der Waals surface area (Å²) < 4.78 is 7.14. The van der Waals surface area contributed by atoms with Crippen molar-refractivity contribution in [3.63, 3.8) is 0 Å². The summed E-state index contributed by atoms with van der Waals surface area (Å²) in [6.45, 7) is 8.34. The lowest BCUT2D eigenvalue weighted by atomic mass is 9.66. The zero-order valence-corrected chi connectivity index (χ0v) is 22.8. The average Bonchev–Trinajstić information content (AvgIpc) is 3.04. The molecule has 38 heavy (non-hydrogen) atoms. The Labute approximate surface area is 228 Å². The number of ketones is 1. The topological polar surface area (TPSA) is 73.9 Å². The van der Waals surface area contributed by atoms with E-state index in [0.717, 1.165) is 53.0 Å². The molecule has 1 unspecified atom stereocenters. The van der Waals surface area contributed by atoms with E-state index in [1.54, 1.807) is 25.3 Å². The van der Waals surface area contributed by atoms with Crippen molar-refractivity contribution in [2.75, 3.05) is 19.6 Å². The maximum Gasteiger partial charge on any atom is 0.279 e. The Bertz CT molecular complexity index is 1400. The third-order valence-corrected chi connectivity index (χ3v) is 8.30. The Hall–Kier alpha value is -3.19. The summed E-state index contributed by atoms with van der Waals surface area (Å²) in [7, 11) is 0. The Kier molecular flexibility index (Phi) is 7.07. The van der Waals surface area contributed by atoms with Crippen LogP contribution in [0.25, 0.3) is 5.57 Å². The molecule has 1 atom stereocenters. The molecule has 0 aliphatic carbocycles. The number of ether oxygens (including phenoxy) is 1. The normalized spacial score (nSPS) is 21.8. The monoisotopic (exact) mass is 533 g/mol. The summed E-state index contributed by atoms with van der Waals surface area (Å²) in [6, 6.07) is 16.8. The van der Waals surface area contributed by atoms with Crippen molar-refractivity contribution in [3.05, 3.63) is 99.8 Å². The third-order valence-electron chi connectivity index (χ3n) is 8.05. The molecular weight excluding hydrogens is 500 g/mol. The maximum absolute atomic E-state index is 12.1. The summed E-state index contributed by atoms with van der Waals surface area (Å²) in [5.74, 6) is 0.676. The zero-order valence-electron chi connectivity index (χ0n) is 22.1. The first-order chi connectivity index (χ1) is 18.1. The van der Waals surface area contributed by atoms with Crippen LogP contribution in [0.1, 0.15) is 66.4 Å². The smallest absolute Gasteiger partial charge is 0.279 e. The van der Waals surface area contributed by atoms with Crippen molar-refractivity contribution < 1.29 is 24.6 Å². The summed E-state index contributed by atoms with van der Waals surface area (Å²) in [5, 5.41) is 22.8. The highest BCUT2D eigenvalue weighted by atomic mass is 35.5. The van der Waals surface area contributed by atoms with Crippen LogP contribution in [0.3, 0.4) is 0 Å². The second-order valence-corrected chi connectivity index (χ2v) is 11.4. The van der Waals surface area contributed by atoms with Crippen molar-refractivity contribution in [1.82, 2.24) is 4.90 Å². The Morgan fingerprint density at radius 3 is 2.63 bits per heavy atom. The van der Waals surface area contributed by atoms with Gasteiger partial charge in [0.15, 0.2) is 12.4 Å². The van der Waals surface area contributed by atoms with Crippen LogP contribution in [0, 0.1) is 5.41 Å². The number of aromatic nitrogens is 1. The van der Waals surface area contributed by atoms with E-state index in [1.807, 2.05) is 42.5 Å². The first-order valence-corrected chi connectivity index (χ1v) is 13.4. The summed E-state index contributed by atoms with van der Waals surface area (Å²) in [4.78, 5) is 14.5. The predicted octanol–water partition coefficient (Wildman–Crippen LogP) is 5.40. The van der Waals surface area contributed by atoms with Crippen LogP contribution < -0.4 is 9.47 Å². The summed E-state index contributed by atoms with van der Waals surface area (Å²) >= 11 is 6.08. The molecule has 2 N–H and O–H groups in total. The van der Waals surface area contributed by atoms with Gasteiger partial charge >= 0.3 is 0 Å². The molecule has 5 rings (SSSR count). The molecule has 0 spiro atoms. The molecule has 0 amide bonds. The number of piperidine rings is 1. The molecule has 198 valence electrons. The molecule has 1 saturated heterocycles. The molecule has 0 bridgehead atoms. The summed E-state index contributed by atoms with van der Waals surface area (Å²) in [6.07, 6.45) is 5.15. The SMILES string of the molecule is CC(=O)c1ccc2c(c1)/C(=C/CCN1CCC(O)(c3ccc(Cl)cc3)C(C)(C)C1)c1ccc[n+](O)c1CO2. The van der Waals surface area contributed by atoms with Crippen molar-refractivity contribution in [2.45, 2.75) is 45.8 Å². The van der Waals surface area contributed by atoms with Gasteiger partial charge in [-0.05, 0) is 67.3 Å². The first-order valence-electron chi connectivity index (χ1n) is 13.0. The Morgan fingerprint density at radius 2 is 1.92 bits per heavy atom. The van der Waals surface area contributed by atoms with Crippen molar-refractivity contribution >= 4 is 23.0 Å². The van der Waals surface area contributed by atoms with Gasteiger partial charge in [-0.15, -0.1) is 0 Å². The number of benzene rings is 2. The maximum atomic E-state index is 12.1. The number of hydrogen-bond donors (Lipinski definition) is 2. The Morgan fingerprint density at radius 1 is 1.16 bits per heavy atom. The number of fused-ring (bicyclic) bond motifs is 2. The molecule has 2 aliphatic rings. The van der Waals surface area contributed by atoms with Crippen LogP contribution >= 0.6 is 11.6 Å². The van der Waals surface area contributed by atoms with Gasteiger partial charge in [-0.2, -0.15) is 0 Å². The highest BCUT2D eigenvalue weighted by Gasteiger charge is 2.48. The minimum absolute atomic E-state index is 0.00868. The zero-order chi connectivity index (χ0) is 27.1. The largest absolute Gasteiger partial charge is 0.482 e. The number of aliphatic hydroxyl groups is 1. The quantitative estimate of drug-likeness (QED) is 0.261. The number of carbonyl (C=O) groups is 1. The second-order valence-electron chi connectivity index (χ2n) is 11.0. The minimum atomic E-state index is -0.930. The van der Waals surface area contributed by atoms with Crippen LogP contribution in [-0.4, -0.2) is 40.6 Å². The molecule has 3 heterocycles. The van der Waals surface area contributed by atoms with E-state index in [0.29, 0.717) is 28.5 Å². The standard InChI is InChI=1S/C31H34ClN2O4/c1-21(35)22-8-13-29-27(18-22)25(26-7-5-16-34(37)28(26)19-38-29)6-4-15-33-17-14-31(36,30(2,3)20-33)23-9-11-24(32)12-10-23/h5-13,16,18,36-37H,4,14-15,17,19-20H2,1-3H3/q+1/b25-6+. The van der Waals surface area contributed by atoms with Gasteiger partial charge in [0.2, 0.25) is 6.20 Å². The van der Waals surface area contributed by atoms with Crippen LogP contribution in [-0.2, 0) is 12.2 Å².